The van der Waals surface area contributed by atoms with Gasteiger partial charge in [-0.1, -0.05) is 18.5 Å². The molecule has 1 amide bonds. The molecular weight excluding hydrogens is 228 g/mol. The van der Waals surface area contributed by atoms with E-state index in [4.69, 9.17) is 17.3 Å². The van der Waals surface area contributed by atoms with Crippen LogP contribution in [-0.4, -0.2) is 23.6 Å². The van der Waals surface area contributed by atoms with Gasteiger partial charge in [-0.25, -0.2) is 0 Å². The van der Waals surface area contributed by atoms with E-state index in [1.54, 1.807) is 0 Å². The molecular formula is C11H15ClN2O2. The fraction of sp³-hybridized carbons (Fsp3) is 0.364. The number of aromatic hydroxyl groups is 1. The molecule has 0 bridgehead atoms. The Labute approximate surface area is 99.4 Å². The van der Waals surface area contributed by atoms with Crippen molar-refractivity contribution in [2.75, 3.05) is 6.54 Å². The van der Waals surface area contributed by atoms with Crippen molar-refractivity contribution in [3.8, 4) is 5.75 Å². The number of carbonyl (C=O) groups is 1. The minimum atomic E-state index is -0.237. The first-order chi connectivity index (χ1) is 7.58. The SMILES string of the molecule is CCC(CN)NC(=O)c1ccc(O)c(Cl)c1. The van der Waals surface area contributed by atoms with E-state index in [2.05, 4.69) is 5.32 Å². The summed E-state index contributed by atoms with van der Waals surface area (Å²) in [6, 6.07) is 4.29. The monoisotopic (exact) mass is 242 g/mol. The first-order valence-corrected chi connectivity index (χ1v) is 5.45. The summed E-state index contributed by atoms with van der Waals surface area (Å²) in [4.78, 5) is 11.7. The normalized spacial score (nSPS) is 12.2. The van der Waals surface area contributed by atoms with E-state index in [1.165, 1.54) is 18.2 Å². The summed E-state index contributed by atoms with van der Waals surface area (Å²) in [6.45, 7) is 2.34. The number of hydrogen-bond acceptors (Lipinski definition) is 3. The molecule has 1 atom stereocenters. The van der Waals surface area contributed by atoms with Gasteiger partial charge in [0.15, 0.2) is 0 Å². The van der Waals surface area contributed by atoms with Crippen LogP contribution in [0, 0.1) is 0 Å². The molecule has 0 aliphatic carbocycles. The number of rotatable bonds is 4. The second-order valence-corrected chi connectivity index (χ2v) is 3.89. The van der Waals surface area contributed by atoms with Gasteiger partial charge < -0.3 is 16.2 Å². The smallest absolute Gasteiger partial charge is 0.251 e. The third-order valence-electron chi connectivity index (χ3n) is 2.32. The Morgan fingerprint density at radius 3 is 2.81 bits per heavy atom. The highest BCUT2D eigenvalue weighted by atomic mass is 35.5. The van der Waals surface area contributed by atoms with Crippen molar-refractivity contribution in [2.45, 2.75) is 19.4 Å². The summed E-state index contributed by atoms with van der Waals surface area (Å²) < 4.78 is 0. The summed E-state index contributed by atoms with van der Waals surface area (Å²) in [7, 11) is 0. The lowest BCUT2D eigenvalue weighted by Gasteiger charge is -2.14. The Morgan fingerprint density at radius 2 is 2.31 bits per heavy atom. The average molecular weight is 243 g/mol. The predicted molar refractivity (Wildman–Crippen MR) is 63.7 cm³/mol. The standard InChI is InChI=1S/C11H15ClN2O2/c1-2-8(6-13)14-11(16)7-3-4-10(15)9(12)5-7/h3-5,8,15H,2,6,13H2,1H3,(H,14,16). The molecule has 0 aromatic heterocycles. The van der Waals surface area contributed by atoms with Crippen LogP contribution in [0.15, 0.2) is 18.2 Å². The number of hydrogen-bond donors (Lipinski definition) is 3. The third-order valence-corrected chi connectivity index (χ3v) is 2.63. The van der Waals surface area contributed by atoms with Gasteiger partial charge in [-0.05, 0) is 24.6 Å². The van der Waals surface area contributed by atoms with Gasteiger partial charge in [0.05, 0.1) is 5.02 Å². The van der Waals surface area contributed by atoms with Crippen LogP contribution in [0.4, 0.5) is 0 Å². The van der Waals surface area contributed by atoms with E-state index in [9.17, 15) is 9.90 Å². The lowest BCUT2D eigenvalue weighted by molar-refractivity contribution is 0.0937. The summed E-state index contributed by atoms with van der Waals surface area (Å²) in [6.07, 6.45) is 0.772. The largest absolute Gasteiger partial charge is 0.506 e. The number of halogens is 1. The highest BCUT2D eigenvalue weighted by molar-refractivity contribution is 6.32. The van der Waals surface area contributed by atoms with Crippen LogP contribution in [0.3, 0.4) is 0 Å². The lowest BCUT2D eigenvalue weighted by Crippen LogP contribution is -2.39. The molecule has 0 heterocycles. The van der Waals surface area contributed by atoms with Gasteiger partial charge in [-0.3, -0.25) is 4.79 Å². The topological polar surface area (TPSA) is 75.3 Å². The van der Waals surface area contributed by atoms with Crippen LogP contribution in [0.25, 0.3) is 0 Å². The number of nitrogens with two attached hydrogens (primary N) is 1. The van der Waals surface area contributed by atoms with Gasteiger partial charge in [0.1, 0.15) is 5.75 Å². The van der Waals surface area contributed by atoms with Gasteiger partial charge >= 0.3 is 0 Å². The Balaban J connectivity index is 2.76. The van der Waals surface area contributed by atoms with E-state index in [0.717, 1.165) is 6.42 Å². The fourth-order valence-electron chi connectivity index (χ4n) is 1.24. The number of nitrogens with one attached hydrogen (secondary N) is 1. The molecule has 0 aliphatic heterocycles. The molecule has 88 valence electrons. The molecule has 1 aromatic rings. The molecule has 0 radical (unpaired) electrons. The van der Waals surface area contributed by atoms with E-state index in [-0.39, 0.29) is 22.7 Å². The molecule has 16 heavy (non-hydrogen) atoms. The van der Waals surface area contributed by atoms with Crippen molar-refractivity contribution >= 4 is 17.5 Å². The Hall–Kier alpha value is -1.26. The molecule has 0 fully saturated rings. The van der Waals surface area contributed by atoms with Crippen molar-refractivity contribution in [1.29, 1.82) is 0 Å². The van der Waals surface area contributed by atoms with E-state index < -0.39 is 0 Å². The van der Waals surface area contributed by atoms with Crippen molar-refractivity contribution in [3.63, 3.8) is 0 Å². The maximum Gasteiger partial charge on any atom is 0.251 e. The van der Waals surface area contributed by atoms with Crippen LogP contribution < -0.4 is 11.1 Å². The first-order valence-electron chi connectivity index (χ1n) is 5.08. The highest BCUT2D eigenvalue weighted by Crippen LogP contribution is 2.23. The molecule has 0 saturated carbocycles. The molecule has 0 spiro atoms. The summed E-state index contributed by atoms with van der Waals surface area (Å²) >= 11 is 5.71. The minimum Gasteiger partial charge on any atom is -0.506 e. The number of benzene rings is 1. The molecule has 1 rings (SSSR count). The van der Waals surface area contributed by atoms with Gasteiger partial charge in [-0.15, -0.1) is 0 Å². The van der Waals surface area contributed by atoms with Crippen LogP contribution in [-0.2, 0) is 0 Å². The van der Waals surface area contributed by atoms with Gasteiger partial charge in [-0.2, -0.15) is 0 Å². The predicted octanol–water partition coefficient (Wildman–Crippen LogP) is 1.51. The second-order valence-electron chi connectivity index (χ2n) is 3.48. The Kier molecular flexibility index (Phi) is 4.58. The van der Waals surface area contributed by atoms with Crippen LogP contribution in [0.2, 0.25) is 5.02 Å². The van der Waals surface area contributed by atoms with Crippen molar-refractivity contribution < 1.29 is 9.90 Å². The van der Waals surface area contributed by atoms with E-state index in [1.807, 2.05) is 6.92 Å². The number of carbonyl (C=O) groups excluding carboxylic acids is 1. The average Bonchev–Trinajstić information content (AvgIpc) is 2.29. The van der Waals surface area contributed by atoms with Crippen molar-refractivity contribution in [1.82, 2.24) is 5.32 Å². The number of amides is 1. The molecule has 0 saturated heterocycles. The first kappa shape index (κ1) is 12.8. The van der Waals surface area contributed by atoms with Gasteiger partial charge in [0.25, 0.3) is 5.91 Å². The van der Waals surface area contributed by atoms with Gasteiger partial charge in [0, 0.05) is 18.2 Å². The Bertz CT molecular complexity index is 378. The zero-order valence-corrected chi connectivity index (χ0v) is 9.79. The van der Waals surface area contributed by atoms with Crippen molar-refractivity contribution in [2.24, 2.45) is 5.73 Å². The number of phenols is 1. The summed E-state index contributed by atoms with van der Waals surface area (Å²) in [5.74, 6) is -0.275. The summed E-state index contributed by atoms with van der Waals surface area (Å²) in [5.41, 5.74) is 5.89. The molecule has 0 aliphatic rings. The second kappa shape index (κ2) is 5.72. The molecule has 4 N–H and O–H groups in total. The maximum absolute atomic E-state index is 11.7. The van der Waals surface area contributed by atoms with Gasteiger partial charge in [0.2, 0.25) is 0 Å². The number of phenolic OH excluding ortho intramolecular Hbond substituents is 1. The van der Waals surface area contributed by atoms with E-state index >= 15 is 0 Å². The zero-order chi connectivity index (χ0) is 12.1. The quantitative estimate of drug-likeness (QED) is 0.749. The lowest BCUT2D eigenvalue weighted by atomic mass is 10.1. The zero-order valence-electron chi connectivity index (χ0n) is 9.03. The molecule has 1 aromatic carbocycles. The summed E-state index contributed by atoms with van der Waals surface area (Å²) in [5, 5.41) is 12.2. The fourth-order valence-corrected chi connectivity index (χ4v) is 1.43. The Morgan fingerprint density at radius 1 is 1.62 bits per heavy atom. The maximum atomic E-state index is 11.7. The molecule has 4 nitrogen and oxygen atoms in total. The minimum absolute atomic E-state index is 0.0379. The molecule has 1 unspecified atom stereocenters. The van der Waals surface area contributed by atoms with Crippen molar-refractivity contribution in [3.05, 3.63) is 28.8 Å². The third kappa shape index (κ3) is 3.12. The van der Waals surface area contributed by atoms with Crippen LogP contribution in [0.5, 0.6) is 5.75 Å². The molecule has 5 heteroatoms. The van der Waals surface area contributed by atoms with E-state index in [0.29, 0.717) is 12.1 Å². The van der Waals surface area contributed by atoms with Crippen LogP contribution in [0.1, 0.15) is 23.7 Å². The highest BCUT2D eigenvalue weighted by Gasteiger charge is 2.11. The van der Waals surface area contributed by atoms with Crippen LogP contribution >= 0.6 is 11.6 Å².